The molecule has 0 aliphatic heterocycles. The molecule has 124 valence electrons. The fourth-order valence-electron chi connectivity index (χ4n) is 2.31. The monoisotopic (exact) mass is 346 g/mol. The van der Waals surface area contributed by atoms with Crippen molar-refractivity contribution in [1.29, 1.82) is 0 Å². The molecule has 3 aromatic rings. The summed E-state index contributed by atoms with van der Waals surface area (Å²) < 4.78 is 10.6. The molecule has 1 aromatic carbocycles. The van der Waals surface area contributed by atoms with Crippen molar-refractivity contribution < 1.29 is 18.7 Å². The number of furan rings is 1. The van der Waals surface area contributed by atoms with Gasteiger partial charge in [0.15, 0.2) is 5.69 Å². The Labute approximate surface area is 143 Å². The average Bonchev–Trinajstić information content (AvgIpc) is 3.21. The number of aromatic carboxylic acids is 1. The molecule has 7 heteroatoms. The summed E-state index contributed by atoms with van der Waals surface area (Å²) in [4.78, 5) is 16.9. The minimum absolute atomic E-state index is 0.102. The van der Waals surface area contributed by atoms with E-state index in [-0.39, 0.29) is 5.69 Å². The van der Waals surface area contributed by atoms with Gasteiger partial charge < -0.3 is 13.9 Å². The zero-order valence-corrected chi connectivity index (χ0v) is 13.4. The van der Waals surface area contributed by atoms with Gasteiger partial charge in [0.25, 0.3) is 0 Å². The van der Waals surface area contributed by atoms with E-state index < -0.39 is 5.97 Å². The molecular formula is C17H15ClN2O4. The van der Waals surface area contributed by atoms with Crippen LogP contribution in [0.3, 0.4) is 0 Å². The number of hydrogen-bond acceptors (Lipinski definition) is 5. The molecule has 0 saturated heterocycles. The van der Waals surface area contributed by atoms with Gasteiger partial charge in [0, 0.05) is 11.6 Å². The maximum Gasteiger partial charge on any atom is 0.357 e. The minimum atomic E-state index is -1.11. The van der Waals surface area contributed by atoms with Gasteiger partial charge >= 0.3 is 5.97 Å². The quantitative estimate of drug-likeness (QED) is 0.700. The highest BCUT2D eigenvalue weighted by Gasteiger charge is 2.15. The van der Waals surface area contributed by atoms with Gasteiger partial charge in [0.05, 0.1) is 19.4 Å². The molecule has 2 aromatic heterocycles. The molecule has 0 fully saturated rings. The zero-order chi connectivity index (χ0) is 16.9. The Hall–Kier alpha value is -2.57. The second-order valence-corrected chi connectivity index (χ2v) is 5.72. The lowest BCUT2D eigenvalue weighted by atomic mass is 10.2. The third kappa shape index (κ3) is 4.24. The lowest BCUT2D eigenvalue weighted by molar-refractivity contribution is 0.0690. The van der Waals surface area contributed by atoms with E-state index in [2.05, 4.69) is 4.98 Å². The normalized spacial score (nSPS) is 11.1. The highest BCUT2D eigenvalue weighted by Crippen LogP contribution is 2.16. The molecule has 0 bridgehead atoms. The van der Waals surface area contributed by atoms with Gasteiger partial charge in [-0.25, -0.2) is 9.78 Å². The summed E-state index contributed by atoms with van der Waals surface area (Å²) in [6, 6.07) is 11.2. The number of carbonyl (C=O) groups is 1. The Morgan fingerprint density at radius 2 is 1.92 bits per heavy atom. The largest absolute Gasteiger partial charge is 0.476 e. The first-order valence-electron chi connectivity index (χ1n) is 7.27. The molecule has 0 atom stereocenters. The van der Waals surface area contributed by atoms with Crippen LogP contribution in [0, 0.1) is 0 Å². The number of carboxylic acids is 1. The molecule has 0 unspecified atom stereocenters. The summed E-state index contributed by atoms with van der Waals surface area (Å²) in [7, 11) is 0. The standard InChI is InChI=1S/C17H15ClN2O4/c18-13-5-3-12(4-6-13)8-20(9-14-2-1-7-23-14)10-16-19-15(11-24-16)17(21)22/h1-7,11H,8-10H2,(H,21,22). The van der Waals surface area contributed by atoms with Crippen molar-refractivity contribution in [2.24, 2.45) is 0 Å². The Kier molecular flexibility index (Phi) is 4.98. The average molecular weight is 347 g/mol. The molecular weight excluding hydrogens is 332 g/mol. The third-order valence-corrected chi connectivity index (χ3v) is 3.66. The highest BCUT2D eigenvalue weighted by atomic mass is 35.5. The van der Waals surface area contributed by atoms with E-state index >= 15 is 0 Å². The molecule has 2 heterocycles. The second kappa shape index (κ2) is 7.33. The Morgan fingerprint density at radius 1 is 1.12 bits per heavy atom. The lowest BCUT2D eigenvalue weighted by Gasteiger charge is -2.19. The predicted octanol–water partition coefficient (Wildman–Crippen LogP) is 3.82. The summed E-state index contributed by atoms with van der Waals surface area (Å²) in [6.45, 7) is 1.51. The van der Waals surface area contributed by atoms with Crippen LogP contribution < -0.4 is 0 Å². The highest BCUT2D eigenvalue weighted by molar-refractivity contribution is 6.30. The van der Waals surface area contributed by atoms with Crippen molar-refractivity contribution in [1.82, 2.24) is 9.88 Å². The fourth-order valence-corrected chi connectivity index (χ4v) is 2.44. The molecule has 0 saturated carbocycles. The van der Waals surface area contributed by atoms with Crippen LogP contribution in [0.15, 0.2) is 57.8 Å². The van der Waals surface area contributed by atoms with Crippen LogP contribution in [0.1, 0.15) is 27.7 Å². The van der Waals surface area contributed by atoms with Crippen molar-refractivity contribution >= 4 is 17.6 Å². The van der Waals surface area contributed by atoms with Gasteiger partial charge in [0.1, 0.15) is 12.0 Å². The Balaban J connectivity index is 1.75. The number of rotatable bonds is 7. The van der Waals surface area contributed by atoms with Gasteiger partial charge in [0.2, 0.25) is 5.89 Å². The van der Waals surface area contributed by atoms with Crippen LogP contribution in [-0.4, -0.2) is 21.0 Å². The number of carboxylic acid groups (broad SMARTS) is 1. The number of oxazole rings is 1. The SMILES string of the molecule is O=C(O)c1coc(CN(Cc2ccc(Cl)cc2)Cc2ccco2)n1. The second-order valence-electron chi connectivity index (χ2n) is 5.28. The number of aromatic nitrogens is 1. The van der Waals surface area contributed by atoms with E-state index in [4.69, 9.17) is 25.5 Å². The van der Waals surface area contributed by atoms with Gasteiger partial charge in [-0.05, 0) is 29.8 Å². The molecule has 0 amide bonds. The first kappa shape index (κ1) is 16.3. The zero-order valence-electron chi connectivity index (χ0n) is 12.7. The predicted molar refractivity (Wildman–Crippen MR) is 86.6 cm³/mol. The van der Waals surface area contributed by atoms with Crippen LogP contribution in [-0.2, 0) is 19.6 Å². The van der Waals surface area contributed by atoms with E-state index in [1.54, 1.807) is 6.26 Å². The summed E-state index contributed by atoms with van der Waals surface area (Å²) in [6.07, 6.45) is 2.76. The molecule has 3 rings (SSSR count). The fraction of sp³-hybridized carbons (Fsp3) is 0.176. The molecule has 0 aliphatic carbocycles. The first-order valence-corrected chi connectivity index (χ1v) is 7.65. The summed E-state index contributed by atoms with van der Waals surface area (Å²) >= 11 is 5.92. The number of hydrogen-bond donors (Lipinski definition) is 1. The van der Waals surface area contributed by atoms with Crippen molar-refractivity contribution in [2.45, 2.75) is 19.6 Å². The smallest absolute Gasteiger partial charge is 0.357 e. The van der Waals surface area contributed by atoms with Gasteiger partial charge in [-0.3, -0.25) is 4.90 Å². The van der Waals surface area contributed by atoms with E-state index in [9.17, 15) is 4.79 Å². The van der Waals surface area contributed by atoms with Crippen molar-refractivity contribution in [3.63, 3.8) is 0 Å². The number of nitrogens with zero attached hydrogens (tertiary/aromatic N) is 2. The first-order chi connectivity index (χ1) is 11.6. The Morgan fingerprint density at radius 3 is 2.54 bits per heavy atom. The Bertz CT molecular complexity index is 796. The van der Waals surface area contributed by atoms with Gasteiger partial charge in [-0.15, -0.1) is 0 Å². The molecule has 0 radical (unpaired) electrons. The van der Waals surface area contributed by atoms with E-state index in [1.165, 1.54) is 0 Å². The minimum Gasteiger partial charge on any atom is -0.476 e. The topological polar surface area (TPSA) is 79.7 Å². The lowest BCUT2D eigenvalue weighted by Crippen LogP contribution is -2.22. The van der Waals surface area contributed by atoms with Crippen LogP contribution in [0.2, 0.25) is 5.02 Å². The van der Waals surface area contributed by atoms with E-state index in [1.807, 2.05) is 41.3 Å². The van der Waals surface area contributed by atoms with Crippen LogP contribution >= 0.6 is 11.6 Å². The van der Waals surface area contributed by atoms with Gasteiger partial charge in [-0.1, -0.05) is 23.7 Å². The molecule has 0 spiro atoms. The molecule has 24 heavy (non-hydrogen) atoms. The maximum atomic E-state index is 10.9. The van der Waals surface area contributed by atoms with Crippen molar-refractivity contribution in [3.8, 4) is 0 Å². The molecule has 0 aliphatic rings. The van der Waals surface area contributed by atoms with Gasteiger partial charge in [-0.2, -0.15) is 0 Å². The molecule has 6 nitrogen and oxygen atoms in total. The van der Waals surface area contributed by atoms with Crippen LogP contribution in [0.4, 0.5) is 0 Å². The van der Waals surface area contributed by atoms with Crippen molar-refractivity contribution in [3.05, 3.63) is 76.9 Å². The van der Waals surface area contributed by atoms with E-state index in [0.29, 0.717) is 30.5 Å². The van der Waals surface area contributed by atoms with Crippen LogP contribution in [0.5, 0.6) is 0 Å². The summed E-state index contributed by atoms with van der Waals surface area (Å²) in [5, 5.41) is 9.61. The summed E-state index contributed by atoms with van der Waals surface area (Å²) in [5.74, 6) is 0.0298. The number of benzene rings is 1. The third-order valence-electron chi connectivity index (χ3n) is 3.41. The van der Waals surface area contributed by atoms with Crippen molar-refractivity contribution in [2.75, 3.05) is 0 Å². The van der Waals surface area contributed by atoms with E-state index in [0.717, 1.165) is 17.6 Å². The maximum absolute atomic E-state index is 10.9. The number of halogens is 1. The van der Waals surface area contributed by atoms with Crippen LogP contribution in [0.25, 0.3) is 0 Å². The summed E-state index contributed by atoms with van der Waals surface area (Å²) in [5.41, 5.74) is 0.963. The molecule has 1 N–H and O–H groups in total.